The Morgan fingerprint density at radius 1 is 1.08 bits per heavy atom. The number of hydrogen-bond acceptors (Lipinski definition) is 5. The number of nitrogens with zero attached hydrogens (tertiary/aromatic N) is 3. The van der Waals surface area contributed by atoms with Crippen LogP contribution in [0.5, 0.6) is 0 Å². The van der Waals surface area contributed by atoms with Crippen molar-refractivity contribution < 1.29 is 26.3 Å². The largest absolute Gasteiger partial charge is 0.418 e. The third kappa shape index (κ3) is 5.20. The predicted molar refractivity (Wildman–Crippen MR) is 139 cm³/mol. The topological polar surface area (TPSA) is 85.0 Å². The van der Waals surface area contributed by atoms with E-state index in [1.807, 2.05) is 30.3 Å². The minimum absolute atomic E-state index is 0.0691. The molecular formula is C29H24F3N3O3S. The number of aromatic nitrogens is 2. The van der Waals surface area contributed by atoms with Crippen LogP contribution in [-0.2, 0) is 26.2 Å². The van der Waals surface area contributed by atoms with Crippen LogP contribution in [0.15, 0.2) is 90.2 Å². The van der Waals surface area contributed by atoms with Gasteiger partial charge in [-0.1, -0.05) is 54.6 Å². The second-order valence-corrected chi connectivity index (χ2v) is 11.6. The highest BCUT2D eigenvalue weighted by Crippen LogP contribution is 2.44. The summed E-state index contributed by atoms with van der Waals surface area (Å²) < 4.78 is 73.4. The van der Waals surface area contributed by atoms with E-state index in [0.717, 1.165) is 17.9 Å². The van der Waals surface area contributed by atoms with Crippen LogP contribution >= 0.6 is 0 Å². The zero-order valence-corrected chi connectivity index (χ0v) is 21.7. The van der Waals surface area contributed by atoms with E-state index in [-0.39, 0.29) is 23.6 Å². The van der Waals surface area contributed by atoms with E-state index in [1.54, 1.807) is 18.2 Å². The van der Waals surface area contributed by atoms with Gasteiger partial charge in [-0.15, -0.1) is 0 Å². The van der Waals surface area contributed by atoms with Gasteiger partial charge in [-0.2, -0.15) is 18.4 Å². The zero-order chi connectivity index (χ0) is 27.8. The van der Waals surface area contributed by atoms with Crippen LogP contribution in [-0.4, -0.2) is 30.8 Å². The maximum absolute atomic E-state index is 13.5. The normalized spacial score (nSPS) is 19.9. The average Bonchev–Trinajstić information content (AvgIpc) is 3.43. The number of hydrogen-bond donors (Lipinski definition) is 0. The molecule has 0 saturated carbocycles. The number of imidazole rings is 1. The summed E-state index contributed by atoms with van der Waals surface area (Å²) in [5.41, 5.74) is 0.268. The lowest BCUT2D eigenvalue weighted by molar-refractivity contribution is -0.137. The molecule has 6 nitrogen and oxygen atoms in total. The van der Waals surface area contributed by atoms with E-state index in [4.69, 9.17) is 4.74 Å². The third-order valence-corrected chi connectivity index (χ3v) is 8.17. The Hall–Kier alpha value is -3.94. The quantitative estimate of drug-likeness (QED) is 0.292. The van der Waals surface area contributed by atoms with Gasteiger partial charge >= 0.3 is 6.18 Å². The number of nitriles is 1. The standard InChI is InChI=1S/C29H24F3N3O3S/c1-39(36,37)27-15-21(11-12-22(27)20-7-3-2-4-8-20)28(18-33)13-14-38-26(16-28)24-17-35(19-34-24)25-10-6-5-9-23(25)29(30,31)32/h2-12,15,17,19,26H,13-14,16H2,1H3. The average molecular weight is 552 g/mol. The molecule has 200 valence electrons. The number of sulfone groups is 1. The molecule has 10 heteroatoms. The molecule has 3 aromatic carbocycles. The highest BCUT2D eigenvalue weighted by atomic mass is 32.2. The SMILES string of the molecule is CS(=O)(=O)c1cc(C2(C#N)CCOC(c3cn(-c4ccccc4C(F)(F)F)cn3)C2)ccc1-c1ccccc1. The molecule has 4 aromatic rings. The highest BCUT2D eigenvalue weighted by molar-refractivity contribution is 7.90. The molecule has 1 saturated heterocycles. The molecule has 2 unspecified atom stereocenters. The number of benzene rings is 3. The number of alkyl halides is 3. The molecule has 2 heterocycles. The Labute approximate surface area is 224 Å². The van der Waals surface area contributed by atoms with Crippen LogP contribution in [0.3, 0.4) is 0 Å². The second-order valence-electron chi connectivity index (χ2n) is 9.58. The van der Waals surface area contributed by atoms with Crippen LogP contribution in [0.2, 0.25) is 0 Å². The van der Waals surface area contributed by atoms with Gasteiger partial charge in [0, 0.05) is 31.0 Å². The van der Waals surface area contributed by atoms with Crippen LogP contribution in [0.25, 0.3) is 16.8 Å². The number of para-hydroxylation sites is 1. The fraction of sp³-hybridized carbons (Fsp3) is 0.241. The van der Waals surface area contributed by atoms with Gasteiger partial charge < -0.3 is 9.30 Å². The number of ether oxygens (including phenoxy) is 1. The number of rotatable bonds is 5. The maximum Gasteiger partial charge on any atom is 0.418 e. The highest BCUT2D eigenvalue weighted by Gasteiger charge is 2.41. The molecule has 2 atom stereocenters. The van der Waals surface area contributed by atoms with Crippen molar-refractivity contribution in [1.82, 2.24) is 9.55 Å². The van der Waals surface area contributed by atoms with Crippen molar-refractivity contribution in [2.75, 3.05) is 12.9 Å². The molecule has 0 amide bonds. The van der Waals surface area contributed by atoms with Gasteiger partial charge in [-0.25, -0.2) is 13.4 Å². The summed E-state index contributed by atoms with van der Waals surface area (Å²) in [4.78, 5) is 4.43. The lowest BCUT2D eigenvalue weighted by Crippen LogP contribution is -2.34. The van der Waals surface area contributed by atoms with Gasteiger partial charge in [-0.3, -0.25) is 0 Å². The second kappa shape index (κ2) is 9.98. The lowest BCUT2D eigenvalue weighted by atomic mass is 9.73. The van der Waals surface area contributed by atoms with Gasteiger partial charge in [0.05, 0.1) is 39.7 Å². The Morgan fingerprint density at radius 2 is 1.79 bits per heavy atom. The smallest absolute Gasteiger partial charge is 0.372 e. The van der Waals surface area contributed by atoms with E-state index in [9.17, 15) is 26.9 Å². The first kappa shape index (κ1) is 26.7. The molecule has 1 aromatic heterocycles. The molecule has 1 aliphatic rings. The molecule has 0 N–H and O–H groups in total. The van der Waals surface area contributed by atoms with E-state index in [0.29, 0.717) is 23.2 Å². The molecule has 39 heavy (non-hydrogen) atoms. The zero-order valence-electron chi connectivity index (χ0n) is 20.9. The summed E-state index contributed by atoms with van der Waals surface area (Å²) in [6, 6.07) is 21.7. The van der Waals surface area contributed by atoms with E-state index in [1.165, 1.54) is 35.3 Å². The van der Waals surface area contributed by atoms with Crippen molar-refractivity contribution in [2.24, 2.45) is 0 Å². The predicted octanol–water partition coefficient (Wildman–Crippen LogP) is 6.27. The van der Waals surface area contributed by atoms with Crippen molar-refractivity contribution in [3.63, 3.8) is 0 Å². The number of halogens is 3. The van der Waals surface area contributed by atoms with Gasteiger partial charge in [0.25, 0.3) is 0 Å². The van der Waals surface area contributed by atoms with Crippen LogP contribution in [0.4, 0.5) is 13.2 Å². The summed E-state index contributed by atoms with van der Waals surface area (Å²) in [5, 5.41) is 10.3. The summed E-state index contributed by atoms with van der Waals surface area (Å²) in [7, 11) is -3.64. The maximum atomic E-state index is 13.5. The molecule has 1 aliphatic heterocycles. The van der Waals surface area contributed by atoms with E-state index >= 15 is 0 Å². The fourth-order valence-electron chi connectivity index (χ4n) is 5.03. The van der Waals surface area contributed by atoms with Crippen molar-refractivity contribution in [3.05, 3.63) is 102 Å². The van der Waals surface area contributed by atoms with Gasteiger partial charge in [0.1, 0.15) is 6.10 Å². The molecule has 0 radical (unpaired) electrons. The summed E-state index contributed by atoms with van der Waals surface area (Å²) in [6.45, 7) is 0.193. The molecule has 0 spiro atoms. The summed E-state index contributed by atoms with van der Waals surface area (Å²) in [6.07, 6.45) is -0.822. The van der Waals surface area contributed by atoms with Crippen molar-refractivity contribution in [2.45, 2.75) is 35.4 Å². The van der Waals surface area contributed by atoms with Crippen molar-refractivity contribution in [3.8, 4) is 22.9 Å². The molecule has 5 rings (SSSR count). The van der Waals surface area contributed by atoms with Crippen LogP contribution < -0.4 is 0 Å². The van der Waals surface area contributed by atoms with Gasteiger partial charge in [0.2, 0.25) is 0 Å². The summed E-state index contributed by atoms with van der Waals surface area (Å²) in [5.74, 6) is 0. The Morgan fingerprint density at radius 3 is 2.49 bits per heavy atom. The summed E-state index contributed by atoms with van der Waals surface area (Å²) >= 11 is 0. The fourth-order valence-corrected chi connectivity index (χ4v) is 5.96. The van der Waals surface area contributed by atoms with Crippen molar-refractivity contribution >= 4 is 9.84 Å². The minimum Gasteiger partial charge on any atom is -0.372 e. The first-order valence-electron chi connectivity index (χ1n) is 12.2. The van der Waals surface area contributed by atoms with E-state index < -0.39 is 33.1 Å². The minimum atomic E-state index is -4.54. The monoisotopic (exact) mass is 551 g/mol. The molecular weight excluding hydrogens is 527 g/mol. The first-order chi connectivity index (χ1) is 18.5. The van der Waals surface area contributed by atoms with Crippen LogP contribution in [0.1, 0.15) is 35.8 Å². The Balaban J connectivity index is 1.51. The van der Waals surface area contributed by atoms with Gasteiger partial charge in [0.15, 0.2) is 9.84 Å². The third-order valence-electron chi connectivity index (χ3n) is 7.03. The molecule has 0 bridgehead atoms. The first-order valence-corrected chi connectivity index (χ1v) is 14.0. The lowest BCUT2D eigenvalue weighted by Gasteiger charge is -2.36. The van der Waals surface area contributed by atoms with Gasteiger partial charge in [-0.05, 0) is 35.7 Å². The van der Waals surface area contributed by atoms with Crippen LogP contribution in [0, 0.1) is 11.3 Å². The molecule has 1 fully saturated rings. The van der Waals surface area contributed by atoms with Crippen molar-refractivity contribution in [1.29, 1.82) is 5.26 Å². The Kier molecular flexibility index (Phi) is 6.83. The molecule has 0 aliphatic carbocycles. The Bertz CT molecular complexity index is 1660. The van der Waals surface area contributed by atoms with E-state index in [2.05, 4.69) is 11.1 Å².